The number of amides is 1. The number of anilines is 1. The Bertz CT molecular complexity index is 684. The molecule has 0 fully saturated rings. The van der Waals surface area contributed by atoms with E-state index in [2.05, 4.69) is 10.6 Å². The predicted octanol–water partition coefficient (Wildman–Crippen LogP) is 3.02. The summed E-state index contributed by atoms with van der Waals surface area (Å²) in [5, 5.41) is 6.13. The third-order valence-corrected chi connectivity index (χ3v) is 3.71. The molecule has 0 saturated heterocycles. The molecule has 3 rings (SSSR count). The normalized spacial score (nSPS) is 14.7. The van der Waals surface area contributed by atoms with Crippen molar-refractivity contribution in [1.82, 2.24) is 5.32 Å². The molecule has 0 radical (unpaired) electrons. The summed E-state index contributed by atoms with van der Waals surface area (Å²) in [5.41, 5.74) is 3.41. The number of nitrogens with one attached hydrogen (secondary N) is 2. The van der Waals surface area contributed by atoms with E-state index >= 15 is 0 Å². The number of carbonyl (C=O) groups is 1. The highest BCUT2D eigenvalue weighted by molar-refractivity contribution is 5.99. The zero-order valence-corrected chi connectivity index (χ0v) is 11.8. The topological polar surface area (TPSA) is 41.1 Å². The molecule has 0 aromatic heterocycles. The van der Waals surface area contributed by atoms with Crippen molar-refractivity contribution in [2.45, 2.75) is 19.4 Å². The molecule has 1 heterocycles. The third kappa shape index (κ3) is 2.67. The average Bonchev–Trinajstić information content (AvgIpc) is 2.85. The molecule has 21 heavy (non-hydrogen) atoms. The molecule has 2 aromatic rings. The van der Waals surface area contributed by atoms with E-state index in [0.717, 1.165) is 23.4 Å². The summed E-state index contributed by atoms with van der Waals surface area (Å²) < 4.78 is 14.1. The fourth-order valence-corrected chi connectivity index (χ4v) is 2.75. The molecular formula is C17H17FN2O. The maximum absolute atomic E-state index is 14.1. The van der Waals surface area contributed by atoms with Crippen LogP contribution in [0.25, 0.3) is 0 Å². The highest BCUT2D eigenvalue weighted by Gasteiger charge is 2.21. The molecule has 1 atom stereocenters. The van der Waals surface area contributed by atoms with Gasteiger partial charge in [-0.25, -0.2) is 4.39 Å². The lowest BCUT2D eigenvalue weighted by molar-refractivity contribution is -0.115. The summed E-state index contributed by atoms with van der Waals surface area (Å²) in [7, 11) is 0. The van der Waals surface area contributed by atoms with Gasteiger partial charge in [-0.3, -0.25) is 4.79 Å². The van der Waals surface area contributed by atoms with Crippen LogP contribution in [0.3, 0.4) is 0 Å². The molecule has 108 valence electrons. The number of hydrogen-bond donors (Lipinski definition) is 2. The van der Waals surface area contributed by atoms with Crippen molar-refractivity contribution in [3.8, 4) is 0 Å². The van der Waals surface area contributed by atoms with Crippen LogP contribution in [-0.4, -0.2) is 12.5 Å². The van der Waals surface area contributed by atoms with Gasteiger partial charge in [0.05, 0.1) is 12.5 Å². The molecule has 1 aliphatic rings. The Kier molecular flexibility index (Phi) is 3.71. The lowest BCUT2D eigenvalue weighted by Crippen LogP contribution is -2.23. The summed E-state index contributed by atoms with van der Waals surface area (Å²) in [6.45, 7) is 2.72. The summed E-state index contributed by atoms with van der Waals surface area (Å²) in [5.74, 6) is -0.216. The second-order valence-corrected chi connectivity index (χ2v) is 5.15. The Balaban J connectivity index is 2.01. The summed E-state index contributed by atoms with van der Waals surface area (Å²) in [6, 6.07) is 12.4. The van der Waals surface area contributed by atoms with Gasteiger partial charge in [-0.1, -0.05) is 37.3 Å². The van der Waals surface area contributed by atoms with E-state index < -0.39 is 0 Å². The Hall–Kier alpha value is -2.20. The first-order chi connectivity index (χ1) is 10.2. The zero-order valence-electron chi connectivity index (χ0n) is 11.8. The molecule has 3 nitrogen and oxygen atoms in total. The monoisotopic (exact) mass is 284 g/mol. The van der Waals surface area contributed by atoms with E-state index in [1.54, 1.807) is 12.1 Å². The summed E-state index contributed by atoms with van der Waals surface area (Å²) in [4.78, 5) is 11.4. The van der Waals surface area contributed by atoms with Crippen molar-refractivity contribution in [1.29, 1.82) is 0 Å². The van der Waals surface area contributed by atoms with Crippen LogP contribution in [0.2, 0.25) is 0 Å². The quantitative estimate of drug-likeness (QED) is 0.906. The van der Waals surface area contributed by atoms with Gasteiger partial charge in [0.15, 0.2) is 0 Å². The van der Waals surface area contributed by atoms with Crippen molar-refractivity contribution in [2.24, 2.45) is 0 Å². The van der Waals surface area contributed by atoms with Gasteiger partial charge in [-0.05, 0) is 29.8 Å². The lowest BCUT2D eigenvalue weighted by Gasteiger charge is -2.20. The first-order valence-corrected chi connectivity index (χ1v) is 7.09. The minimum Gasteiger partial charge on any atom is -0.326 e. The highest BCUT2D eigenvalue weighted by Crippen LogP contribution is 2.30. The number of carbonyl (C=O) groups excluding carboxylic acids is 1. The number of fused-ring (bicyclic) bond motifs is 1. The van der Waals surface area contributed by atoms with Gasteiger partial charge in [0.1, 0.15) is 5.82 Å². The van der Waals surface area contributed by atoms with Crippen LogP contribution in [-0.2, 0) is 11.2 Å². The SMILES string of the molecule is CCNC(c1ccc2c(c1)CC(=O)N2)c1ccccc1F. The van der Waals surface area contributed by atoms with E-state index in [1.165, 1.54) is 6.07 Å². The third-order valence-electron chi connectivity index (χ3n) is 3.71. The molecule has 0 aliphatic carbocycles. The Labute approximate surface area is 123 Å². The molecule has 4 heteroatoms. The minimum atomic E-state index is -0.224. The molecule has 0 spiro atoms. The molecule has 2 aromatic carbocycles. The standard InChI is InChI=1S/C17H17FN2O/c1-2-19-17(13-5-3-4-6-14(13)18)11-7-8-15-12(9-11)10-16(21)20-15/h3-9,17,19H,2,10H2,1H3,(H,20,21). The van der Waals surface area contributed by atoms with Crippen LogP contribution in [0.5, 0.6) is 0 Å². The van der Waals surface area contributed by atoms with E-state index in [0.29, 0.717) is 12.0 Å². The fraction of sp³-hybridized carbons (Fsp3) is 0.235. The van der Waals surface area contributed by atoms with Gasteiger partial charge < -0.3 is 10.6 Å². The van der Waals surface area contributed by atoms with Gasteiger partial charge >= 0.3 is 0 Å². The van der Waals surface area contributed by atoms with Crippen molar-refractivity contribution >= 4 is 11.6 Å². The largest absolute Gasteiger partial charge is 0.326 e. The lowest BCUT2D eigenvalue weighted by atomic mass is 9.96. The van der Waals surface area contributed by atoms with Crippen molar-refractivity contribution in [2.75, 3.05) is 11.9 Å². The fourth-order valence-electron chi connectivity index (χ4n) is 2.75. The van der Waals surface area contributed by atoms with E-state index in [1.807, 2.05) is 31.2 Å². The van der Waals surface area contributed by atoms with E-state index in [9.17, 15) is 9.18 Å². The molecule has 1 unspecified atom stereocenters. The van der Waals surface area contributed by atoms with Crippen molar-refractivity contribution in [3.05, 3.63) is 65.0 Å². The maximum Gasteiger partial charge on any atom is 0.228 e. The summed E-state index contributed by atoms with van der Waals surface area (Å²) in [6.07, 6.45) is 0.388. The van der Waals surface area contributed by atoms with Crippen LogP contribution in [0, 0.1) is 5.82 Å². The van der Waals surface area contributed by atoms with Gasteiger partial charge in [-0.15, -0.1) is 0 Å². The highest BCUT2D eigenvalue weighted by atomic mass is 19.1. The van der Waals surface area contributed by atoms with Gasteiger partial charge in [-0.2, -0.15) is 0 Å². The smallest absolute Gasteiger partial charge is 0.228 e. The van der Waals surface area contributed by atoms with E-state index in [4.69, 9.17) is 0 Å². The van der Waals surface area contributed by atoms with Crippen molar-refractivity contribution < 1.29 is 9.18 Å². The van der Waals surface area contributed by atoms with Crippen LogP contribution in [0.1, 0.15) is 29.7 Å². The van der Waals surface area contributed by atoms with Crippen LogP contribution in [0.15, 0.2) is 42.5 Å². The second kappa shape index (κ2) is 5.66. The zero-order chi connectivity index (χ0) is 14.8. The Morgan fingerprint density at radius 2 is 2.10 bits per heavy atom. The maximum atomic E-state index is 14.1. The molecular weight excluding hydrogens is 267 g/mol. The molecule has 1 amide bonds. The van der Waals surface area contributed by atoms with Gasteiger partial charge in [0.2, 0.25) is 5.91 Å². The minimum absolute atomic E-state index is 0.00745. The molecule has 1 aliphatic heterocycles. The molecule has 0 bridgehead atoms. The van der Waals surface area contributed by atoms with Crippen molar-refractivity contribution in [3.63, 3.8) is 0 Å². The van der Waals surface area contributed by atoms with E-state index in [-0.39, 0.29) is 17.8 Å². The molecule has 0 saturated carbocycles. The summed E-state index contributed by atoms with van der Waals surface area (Å²) >= 11 is 0. The Morgan fingerprint density at radius 3 is 2.86 bits per heavy atom. The van der Waals surface area contributed by atoms with Crippen LogP contribution in [0.4, 0.5) is 10.1 Å². The average molecular weight is 284 g/mol. The number of hydrogen-bond acceptors (Lipinski definition) is 2. The van der Waals surface area contributed by atoms with Gasteiger partial charge in [0.25, 0.3) is 0 Å². The Morgan fingerprint density at radius 1 is 1.29 bits per heavy atom. The number of rotatable bonds is 4. The number of benzene rings is 2. The van der Waals surface area contributed by atoms with Crippen LogP contribution < -0.4 is 10.6 Å². The molecule has 2 N–H and O–H groups in total. The predicted molar refractivity (Wildman–Crippen MR) is 80.7 cm³/mol. The van der Waals surface area contributed by atoms with Gasteiger partial charge in [0, 0.05) is 11.3 Å². The number of halogens is 1. The second-order valence-electron chi connectivity index (χ2n) is 5.15. The van der Waals surface area contributed by atoms with Crippen LogP contribution >= 0.6 is 0 Å². The first-order valence-electron chi connectivity index (χ1n) is 7.09. The first kappa shape index (κ1) is 13.8.